The fourth-order valence-electron chi connectivity index (χ4n) is 2.45. The van der Waals surface area contributed by atoms with Crippen LogP contribution < -0.4 is 5.43 Å². The summed E-state index contributed by atoms with van der Waals surface area (Å²) in [5, 5.41) is 11.5. The van der Waals surface area contributed by atoms with Crippen molar-refractivity contribution < 1.29 is 0 Å². The fraction of sp³-hybridized carbons (Fsp3) is 0.412. The molecule has 0 amide bonds. The lowest BCUT2D eigenvalue weighted by Crippen LogP contribution is -2.20. The van der Waals surface area contributed by atoms with E-state index in [-0.39, 0.29) is 0 Å². The second kappa shape index (κ2) is 6.16. The molecule has 1 aliphatic heterocycles. The van der Waals surface area contributed by atoms with Crippen LogP contribution in [-0.4, -0.2) is 14.9 Å². The van der Waals surface area contributed by atoms with E-state index in [4.69, 9.17) is 0 Å². The molecule has 0 radical (unpaired) electrons. The first-order valence-electron chi connectivity index (χ1n) is 7.79. The summed E-state index contributed by atoms with van der Waals surface area (Å²) in [6.45, 7) is 8.74. The van der Waals surface area contributed by atoms with Gasteiger partial charge in [0.2, 0.25) is 5.16 Å². The Morgan fingerprint density at radius 2 is 1.86 bits per heavy atom. The fourth-order valence-corrected chi connectivity index (χ4v) is 3.20. The highest BCUT2D eigenvalue weighted by Crippen LogP contribution is 2.30. The predicted octanol–water partition coefficient (Wildman–Crippen LogP) is 4.56. The van der Waals surface area contributed by atoms with Gasteiger partial charge in [-0.2, -0.15) is 0 Å². The first-order chi connectivity index (χ1) is 10.6. The molecule has 1 atom stereocenters. The van der Waals surface area contributed by atoms with Gasteiger partial charge in [-0.1, -0.05) is 63.7 Å². The molecule has 0 aliphatic carbocycles. The second-order valence-electron chi connectivity index (χ2n) is 6.02. The van der Waals surface area contributed by atoms with Crippen molar-refractivity contribution in [1.82, 2.24) is 14.9 Å². The average molecular weight is 314 g/mol. The van der Waals surface area contributed by atoms with Gasteiger partial charge in [0.25, 0.3) is 0 Å². The first kappa shape index (κ1) is 15.2. The summed E-state index contributed by atoms with van der Waals surface area (Å²) in [5.74, 6) is 1.90. The maximum Gasteiger partial charge on any atom is 0.214 e. The van der Waals surface area contributed by atoms with Gasteiger partial charge >= 0.3 is 0 Å². The van der Waals surface area contributed by atoms with E-state index >= 15 is 0 Å². The van der Waals surface area contributed by atoms with Crippen LogP contribution >= 0.6 is 11.8 Å². The minimum atomic E-state index is 0.335. The Morgan fingerprint density at radius 1 is 1.14 bits per heavy atom. The highest BCUT2D eigenvalue weighted by molar-refractivity contribution is 8.02. The van der Waals surface area contributed by atoms with Gasteiger partial charge in [-0.05, 0) is 23.5 Å². The Hall–Kier alpha value is -1.75. The average Bonchev–Trinajstić information content (AvgIpc) is 2.97. The molecule has 0 spiro atoms. The molecule has 2 aromatic rings. The van der Waals surface area contributed by atoms with Crippen molar-refractivity contribution in [2.45, 2.75) is 51.1 Å². The topological polar surface area (TPSA) is 42.7 Å². The molecular weight excluding hydrogens is 292 g/mol. The van der Waals surface area contributed by atoms with Gasteiger partial charge < -0.3 is 0 Å². The highest BCUT2D eigenvalue weighted by Gasteiger charge is 2.20. The van der Waals surface area contributed by atoms with E-state index in [1.54, 1.807) is 11.8 Å². The number of fused-ring (bicyclic) bond motifs is 1. The number of rotatable bonds is 4. The lowest BCUT2D eigenvalue weighted by molar-refractivity contribution is 0.700. The van der Waals surface area contributed by atoms with Crippen LogP contribution in [-0.2, 0) is 0 Å². The van der Waals surface area contributed by atoms with Gasteiger partial charge in [-0.3, -0.25) is 5.43 Å². The Morgan fingerprint density at radius 3 is 2.50 bits per heavy atom. The molecule has 0 unspecified atom stereocenters. The maximum absolute atomic E-state index is 4.27. The van der Waals surface area contributed by atoms with Crippen molar-refractivity contribution in [1.29, 1.82) is 0 Å². The predicted molar refractivity (Wildman–Crippen MR) is 92.5 cm³/mol. The van der Waals surface area contributed by atoms with Crippen LogP contribution in [0.5, 0.6) is 0 Å². The van der Waals surface area contributed by atoms with E-state index in [2.05, 4.69) is 73.0 Å². The summed E-state index contributed by atoms with van der Waals surface area (Å²) in [6, 6.07) is 8.82. The highest BCUT2D eigenvalue weighted by atomic mass is 32.2. The van der Waals surface area contributed by atoms with E-state index in [1.807, 2.05) is 4.68 Å². The van der Waals surface area contributed by atoms with Crippen LogP contribution in [0, 0.1) is 0 Å². The summed E-state index contributed by atoms with van der Waals surface area (Å²) in [4.78, 5) is 0. The standard InChI is InChI=1S/C17H22N4S/c1-5-12(4)13-6-8-14(9-7-13)15-10-22-17-19-18-16(11(2)3)21(17)20-15/h6-12,20H,5H2,1-4H3/t12-/m0/s1. The SMILES string of the molecule is CC[C@H](C)c1ccc(C2=CSc3nnc(C(C)C)n3N2)cc1. The minimum Gasteiger partial charge on any atom is -0.290 e. The number of benzene rings is 1. The molecule has 22 heavy (non-hydrogen) atoms. The summed E-state index contributed by atoms with van der Waals surface area (Å²) >= 11 is 1.61. The normalized spacial score (nSPS) is 15.2. The van der Waals surface area contributed by atoms with Crippen molar-refractivity contribution in [2.24, 2.45) is 0 Å². The molecule has 1 aromatic carbocycles. The lowest BCUT2D eigenvalue weighted by Gasteiger charge is -2.20. The molecule has 3 rings (SSSR count). The van der Waals surface area contributed by atoms with Gasteiger partial charge in [0.15, 0.2) is 5.82 Å². The zero-order valence-corrected chi connectivity index (χ0v) is 14.3. The molecule has 1 aromatic heterocycles. The van der Waals surface area contributed by atoms with Crippen LogP contribution in [0.3, 0.4) is 0 Å². The molecule has 5 heteroatoms. The molecule has 0 saturated heterocycles. The van der Waals surface area contributed by atoms with Crippen molar-refractivity contribution in [3.8, 4) is 0 Å². The summed E-state index contributed by atoms with van der Waals surface area (Å²) < 4.78 is 1.99. The third kappa shape index (κ3) is 2.77. The lowest BCUT2D eigenvalue weighted by atomic mass is 9.97. The quantitative estimate of drug-likeness (QED) is 0.898. The third-order valence-electron chi connectivity index (χ3n) is 4.09. The van der Waals surface area contributed by atoms with E-state index < -0.39 is 0 Å². The van der Waals surface area contributed by atoms with Crippen molar-refractivity contribution in [2.75, 3.05) is 5.43 Å². The molecule has 0 fully saturated rings. The van der Waals surface area contributed by atoms with Crippen molar-refractivity contribution >= 4 is 17.5 Å². The van der Waals surface area contributed by atoms with Crippen LogP contribution in [0.2, 0.25) is 0 Å². The zero-order chi connectivity index (χ0) is 15.7. The molecule has 0 bridgehead atoms. The minimum absolute atomic E-state index is 0.335. The smallest absolute Gasteiger partial charge is 0.214 e. The number of aromatic nitrogens is 3. The monoisotopic (exact) mass is 314 g/mol. The van der Waals surface area contributed by atoms with Gasteiger partial charge in [-0.15, -0.1) is 10.2 Å². The van der Waals surface area contributed by atoms with Crippen LogP contribution in [0.1, 0.15) is 62.9 Å². The molecule has 1 N–H and O–H groups in total. The zero-order valence-electron chi connectivity index (χ0n) is 13.5. The Labute approximate surface area is 136 Å². The van der Waals surface area contributed by atoms with Crippen LogP contribution in [0.15, 0.2) is 34.8 Å². The van der Waals surface area contributed by atoms with Gasteiger partial charge in [0, 0.05) is 11.3 Å². The first-order valence-corrected chi connectivity index (χ1v) is 8.67. The molecule has 1 aliphatic rings. The summed E-state index contributed by atoms with van der Waals surface area (Å²) in [6.07, 6.45) is 1.16. The third-order valence-corrected chi connectivity index (χ3v) is 4.92. The number of hydrogen-bond acceptors (Lipinski definition) is 4. The number of nitrogens with zero attached hydrogens (tertiary/aromatic N) is 3. The molecule has 0 saturated carbocycles. The summed E-state index contributed by atoms with van der Waals surface area (Å²) in [5.41, 5.74) is 7.11. The molecule has 4 nitrogen and oxygen atoms in total. The number of thioether (sulfide) groups is 1. The summed E-state index contributed by atoms with van der Waals surface area (Å²) in [7, 11) is 0. The van der Waals surface area contributed by atoms with E-state index in [0.717, 1.165) is 23.1 Å². The second-order valence-corrected chi connectivity index (χ2v) is 6.86. The Balaban J connectivity index is 1.84. The van der Waals surface area contributed by atoms with Gasteiger partial charge in [0.1, 0.15) is 0 Å². The van der Waals surface area contributed by atoms with Crippen LogP contribution in [0.25, 0.3) is 5.70 Å². The van der Waals surface area contributed by atoms with Gasteiger partial charge in [0.05, 0.1) is 5.70 Å². The number of nitrogens with one attached hydrogen (secondary N) is 1. The van der Waals surface area contributed by atoms with Crippen LogP contribution in [0.4, 0.5) is 0 Å². The molecule has 116 valence electrons. The Bertz CT molecular complexity index is 685. The van der Waals surface area contributed by atoms with E-state index in [1.165, 1.54) is 11.1 Å². The van der Waals surface area contributed by atoms with Crippen molar-refractivity contribution in [3.63, 3.8) is 0 Å². The number of hydrogen-bond donors (Lipinski definition) is 1. The largest absolute Gasteiger partial charge is 0.290 e. The molecule has 2 heterocycles. The van der Waals surface area contributed by atoms with E-state index in [9.17, 15) is 0 Å². The van der Waals surface area contributed by atoms with Gasteiger partial charge in [-0.25, -0.2) is 4.68 Å². The van der Waals surface area contributed by atoms with Crippen molar-refractivity contribution in [3.05, 3.63) is 46.6 Å². The maximum atomic E-state index is 4.27. The molecular formula is C17H22N4S. The Kier molecular flexibility index (Phi) is 4.25. The van der Waals surface area contributed by atoms with E-state index in [0.29, 0.717) is 11.8 Å².